The van der Waals surface area contributed by atoms with Crippen molar-refractivity contribution in [3.8, 4) is 22.8 Å². The molecular formula is C20H22N8Pt. The predicted octanol–water partition coefficient (Wildman–Crippen LogP) is 3.24. The second-order valence-electron chi connectivity index (χ2n) is 6.81. The van der Waals surface area contributed by atoms with Gasteiger partial charge in [0.2, 0.25) is 0 Å². The maximum absolute atomic E-state index is 4.11. The minimum atomic E-state index is 0. The predicted molar refractivity (Wildman–Crippen MR) is 105 cm³/mol. The Kier molecular flexibility index (Phi) is 8.33. The Labute approximate surface area is 184 Å². The van der Waals surface area contributed by atoms with Gasteiger partial charge < -0.3 is 20.4 Å². The first-order chi connectivity index (χ1) is 13.5. The minimum Gasteiger partial charge on any atom is -0.573 e. The average molecular weight is 570 g/mol. The molecule has 0 aliphatic carbocycles. The van der Waals surface area contributed by atoms with Crippen molar-refractivity contribution >= 4 is 0 Å². The van der Waals surface area contributed by atoms with Crippen LogP contribution in [0.15, 0.2) is 49.3 Å². The van der Waals surface area contributed by atoms with E-state index in [1.54, 1.807) is 12.4 Å². The zero-order valence-electron chi connectivity index (χ0n) is 16.7. The standard InChI is InChI=1S/2C10H11N4.Pt/c2*1-7(2)9-5-10(14-13-9)8-3-4-11-6-12-8;/h2*3-7H,1-2H3;/q2*-1;+2. The monoisotopic (exact) mass is 569 g/mol. The topological polar surface area (TPSA) is 106 Å². The molecule has 0 radical (unpaired) electrons. The summed E-state index contributed by atoms with van der Waals surface area (Å²) < 4.78 is 0. The third-order valence-corrected chi connectivity index (χ3v) is 3.99. The van der Waals surface area contributed by atoms with Crippen LogP contribution < -0.4 is 10.2 Å². The van der Waals surface area contributed by atoms with E-state index in [2.05, 4.69) is 68.0 Å². The van der Waals surface area contributed by atoms with Crippen LogP contribution in [0.5, 0.6) is 0 Å². The van der Waals surface area contributed by atoms with Crippen LogP contribution in [0.2, 0.25) is 0 Å². The molecule has 9 heteroatoms. The van der Waals surface area contributed by atoms with Gasteiger partial charge >= 0.3 is 21.1 Å². The molecule has 0 aliphatic heterocycles. The van der Waals surface area contributed by atoms with E-state index in [1.807, 2.05) is 24.3 Å². The van der Waals surface area contributed by atoms with E-state index in [-0.39, 0.29) is 21.1 Å². The van der Waals surface area contributed by atoms with Crippen molar-refractivity contribution < 1.29 is 21.1 Å². The van der Waals surface area contributed by atoms with E-state index in [0.717, 1.165) is 34.2 Å². The summed E-state index contributed by atoms with van der Waals surface area (Å²) in [6.07, 6.45) is 6.43. The third kappa shape index (κ3) is 6.12. The smallest absolute Gasteiger partial charge is 0.573 e. The average Bonchev–Trinajstić information content (AvgIpc) is 3.40. The molecule has 0 bridgehead atoms. The molecule has 0 aromatic carbocycles. The molecule has 4 heterocycles. The van der Waals surface area contributed by atoms with Crippen LogP contribution in [0.1, 0.15) is 50.9 Å². The molecule has 0 aliphatic rings. The van der Waals surface area contributed by atoms with Crippen molar-refractivity contribution in [2.75, 3.05) is 0 Å². The summed E-state index contributed by atoms with van der Waals surface area (Å²) >= 11 is 0. The molecule has 8 nitrogen and oxygen atoms in total. The van der Waals surface area contributed by atoms with Gasteiger partial charge in [-0.1, -0.05) is 51.2 Å². The van der Waals surface area contributed by atoms with Gasteiger partial charge in [-0.3, -0.25) is 0 Å². The third-order valence-electron chi connectivity index (χ3n) is 3.99. The Morgan fingerprint density at radius 2 is 1.10 bits per heavy atom. The van der Waals surface area contributed by atoms with Crippen molar-refractivity contribution in [3.63, 3.8) is 0 Å². The molecule has 0 amide bonds. The summed E-state index contributed by atoms with van der Waals surface area (Å²) in [6.45, 7) is 8.36. The Morgan fingerprint density at radius 1 is 0.690 bits per heavy atom. The van der Waals surface area contributed by atoms with E-state index >= 15 is 0 Å². The normalized spacial score (nSPS) is 10.4. The minimum absolute atomic E-state index is 0. The summed E-state index contributed by atoms with van der Waals surface area (Å²) in [6, 6.07) is 7.59. The second-order valence-corrected chi connectivity index (χ2v) is 6.81. The van der Waals surface area contributed by atoms with E-state index in [1.165, 1.54) is 12.7 Å². The molecule has 29 heavy (non-hydrogen) atoms. The fourth-order valence-corrected chi connectivity index (χ4v) is 2.32. The molecule has 0 saturated carbocycles. The summed E-state index contributed by atoms with van der Waals surface area (Å²) in [5.41, 5.74) is 5.27. The van der Waals surface area contributed by atoms with E-state index in [4.69, 9.17) is 0 Å². The van der Waals surface area contributed by atoms with Crippen LogP contribution in [-0.2, 0) is 21.1 Å². The van der Waals surface area contributed by atoms with Gasteiger partial charge in [0.25, 0.3) is 0 Å². The van der Waals surface area contributed by atoms with Crippen LogP contribution in [0.4, 0.5) is 0 Å². The number of hydrogen-bond donors (Lipinski definition) is 0. The molecule has 152 valence electrons. The first kappa shape index (κ1) is 22.6. The summed E-state index contributed by atoms with van der Waals surface area (Å²) in [7, 11) is 0. The van der Waals surface area contributed by atoms with E-state index in [0.29, 0.717) is 11.8 Å². The molecule has 0 N–H and O–H groups in total. The van der Waals surface area contributed by atoms with Gasteiger partial charge in [-0.05, 0) is 24.0 Å². The number of aromatic nitrogens is 8. The Balaban J connectivity index is 0.000000200. The zero-order chi connectivity index (χ0) is 19.9. The van der Waals surface area contributed by atoms with Gasteiger partial charge in [-0.25, -0.2) is 19.9 Å². The quantitative estimate of drug-likeness (QED) is 0.369. The summed E-state index contributed by atoms with van der Waals surface area (Å²) in [5.74, 6) is 0.802. The number of rotatable bonds is 4. The van der Waals surface area contributed by atoms with Gasteiger partial charge in [-0.2, -0.15) is 0 Å². The maximum Gasteiger partial charge on any atom is 2.00 e. The van der Waals surface area contributed by atoms with E-state index < -0.39 is 0 Å². The molecule has 0 saturated heterocycles. The summed E-state index contributed by atoms with van der Waals surface area (Å²) in [4.78, 5) is 15.9. The molecule has 0 atom stereocenters. The SMILES string of the molecule is CC(C)c1cc(-c2ccncn2)[n-]n1.CC(C)c1cc(-c2ccncn2)[n-]n1.[Pt+2]. The largest absolute Gasteiger partial charge is 2.00 e. The van der Waals surface area contributed by atoms with Gasteiger partial charge in [0.15, 0.2) is 0 Å². The molecule has 0 fully saturated rings. The Morgan fingerprint density at radius 3 is 1.38 bits per heavy atom. The molecule has 4 aromatic rings. The fourth-order valence-electron chi connectivity index (χ4n) is 2.32. The Bertz CT molecular complexity index is 898. The molecule has 0 unspecified atom stereocenters. The molecule has 0 spiro atoms. The van der Waals surface area contributed by atoms with Crippen molar-refractivity contribution in [3.05, 3.63) is 60.7 Å². The molecule has 4 rings (SSSR count). The summed E-state index contributed by atoms with van der Waals surface area (Å²) in [5, 5.41) is 16.3. The maximum atomic E-state index is 4.11. The first-order valence-electron chi connectivity index (χ1n) is 9.08. The van der Waals surface area contributed by atoms with Crippen molar-refractivity contribution in [1.29, 1.82) is 0 Å². The van der Waals surface area contributed by atoms with Crippen molar-refractivity contribution in [2.24, 2.45) is 0 Å². The fraction of sp³-hybridized carbons (Fsp3) is 0.300. The van der Waals surface area contributed by atoms with E-state index in [9.17, 15) is 0 Å². The first-order valence-corrected chi connectivity index (χ1v) is 9.08. The van der Waals surface area contributed by atoms with Gasteiger partial charge in [0, 0.05) is 23.8 Å². The van der Waals surface area contributed by atoms with Crippen LogP contribution >= 0.6 is 0 Å². The zero-order valence-corrected chi connectivity index (χ0v) is 18.9. The van der Waals surface area contributed by atoms with Crippen LogP contribution in [-0.4, -0.2) is 30.1 Å². The van der Waals surface area contributed by atoms with Gasteiger partial charge in [0.1, 0.15) is 12.7 Å². The van der Waals surface area contributed by atoms with Crippen molar-refractivity contribution in [1.82, 2.24) is 40.3 Å². The van der Waals surface area contributed by atoms with Crippen LogP contribution in [0.3, 0.4) is 0 Å². The Hall–Kier alpha value is -2.73. The molecular weight excluding hydrogens is 547 g/mol. The van der Waals surface area contributed by atoms with Gasteiger partial charge in [0.05, 0.1) is 11.4 Å². The van der Waals surface area contributed by atoms with Crippen LogP contribution in [0.25, 0.3) is 22.8 Å². The van der Waals surface area contributed by atoms with Crippen molar-refractivity contribution in [2.45, 2.75) is 39.5 Å². The van der Waals surface area contributed by atoms with Gasteiger partial charge in [-0.15, -0.1) is 0 Å². The second kappa shape index (κ2) is 10.7. The number of nitrogens with zero attached hydrogens (tertiary/aromatic N) is 8. The van der Waals surface area contributed by atoms with Crippen LogP contribution in [0, 0.1) is 0 Å². The number of hydrogen-bond acceptors (Lipinski definition) is 6. The molecule has 4 aromatic heterocycles.